The minimum Gasteiger partial charge on any atom is -0.481 e. The van der Waals surface area contributed by atoms with Crippen molar-refractivity contribution in [3.8, 4) is 0 Å². The number of imide groups is 1. The normalized spacial score (nSPS) is 24.6. The molecule has 3 amide bonds. The first kappa shape index (κ1) is 18.6. The van der Waals surface area contributed by atoms with Crippen molar-refractivity contribution in [2.24, 2.45) is 5.92 Å². The van der Waals surface area contributed by atoms with Gasteiger partial charge in [0, 0.05) is 25.3 Å². The molecule has 2 unspecified atom stereocenters. The number of aliphatic carboxylic acids is 1. The largest absolute Gasteiger partial charge is 0.481 e. The second-order valence-electron chi connectivity index (χ2n) is 7.54. The Morgan fingerprint density at radius 1 is 1.11 bits per heavy atom. The SMILES string of the molecule is O=C(O)C1CCCN(C(=O)c2ccc3c(c2)C(=O)N(CC2CCCO2)C3=O)C1. The van der Waals surface area contributed by atoms with Crippen molar-refractivity contribution in [1.82, 2.24) is 9.80 Å². The number of hydrogen-bond donors (Lipinski definition) is 1. The number of benzene rings is 1. The summed E-state index contributed by atoms with van der Waals surface area (Å²) in [5.41, 5.74) is 0.812. The van der Waals surface area contributed by atoms with E-state index in [1.807, 2.05) is 0 Å². The Labute approximate surface area is 162 Å². The fourth-order valence-electron chi connectivity index (χ4n) is 4.13. The predicted molar refractivity (Wildman–Crippen MR) is 97.0 cm³/mol. The van der Waals surface area contributed by atoms with E-state index in [4.69, 9.17) is 4.74 Å². The molecule has 3 aliphatic rings. The summed E-state index contributed by atoms with van der Waals surface area (Å²) in [4.78, 5) is 52.1. The molecule has 1 N–H and O–H groups in total. The Kier molecular flexibility index (Phi) is 4.89. The number of carbonyl (C=O) groups is 4. The molecule has 4 rings (SSSR count). The van der Waals surface area contributed by atoms with Gasteiger partial charge in [-0.05, 0) is 43.9 Å². The number of piperidine rings is 1. The smallest absolute Gasteiger partial charge is 0.308 e. The number of carboxylic acids is 1. The van der Waals surface area contributed by atoms with Crippen molar-refractivity contribution in [3.05, 3.63) is 34.9 Å². The zero-order valence-electron chi connectivity index (χ0n) is 15.4. The van der Waals surface area contributed by atoms with Gasteiger partial charge in [-0.25, -0.2) is 0 Å². The first-order valence-corrected chi connectivity index (χ1v) is 9.59. The number of nitrogens with zero attached hydrogens (tertiary/aromatic N) is 2. The maximum Gasteiger partial charge on any atom is 0.308 e. The summed E-state index contributed by atoms with van der Waals surface area (Å²) in [5, 5.41) is 9.21. The second kappa shape index (κ2) is 7.35. The number of fused-ring (bicyclic) bond motifs is 1. The Balaban J connectivity index is 1.52. The zero-order valence-corrected chi connectivity index (χ0v) is 15.4. The zero-order chi connectivity index (χ0) is 19.8. The number of carbonyl (C=O) groups excluding carboxylic acids is 3. The van der Waals surface area contributed by atoms with Gasteiger partial charge >= 0.3 is 5.97 Å². The summed E-state index contributed by atoms with van der Waals surface area (Å²) in [6.45, 7) is 1.50. The fraction of sp³-hybridized carbons (Fsp3) is 0.500. The Hall–Kier alpha value is -2.74. The summed E-state index contributed by atoms with van der Waals surface area (Å²) in [6.07, 6.45) is 2.77. The maximum absolute atomic E-state index is 12.8. The van der Waals surface area contributed by atoms with E-state index in [0.29, 0.717) is 37.1 Å². The van der Waals surface area contributed by atoms with Crippen LogP contribution in [-0.2, 0) is 9.53 Å². The number of amides is 3. The highest BCUT2D eigenvalue weighted by Gasteiger charge is 2.38. The number of carboxylic acid groups (broad SMARTS) is 1. The molecule has 8 nitrogen and oxygen atoms in total. The highest BCUT2D eigenvalue weighted by molar-refractivity contribution is 6.22. The highest BCUT2D eigenvalue weighted by Crippen LogP contribution is 2.27. The second-order valence-corrected chi connectivity index (χ2v) is 7.54. The molecule has 0 aliphatic carbocycles. The number of hydrogen-bond acceptors (Lipinski definition) is 5. The third kappa shape index (κ3) is 3.28. The quantitative estimate of drug-likeness (QED) is 0.785. The molecule has 0 radical (unpaired) electrons. The average Bonchev–Trinajstić information content (AvgIpc) is 3.30. The molecule has 28 heavy (non-hydrogen) atoms. The van der Waals surface area contributed by atoms with Crippen molar-refractivity contribution < 1.29 is 29.0 Å². The lowest BCUT2D eigenvalue weighted by Crippen LogP contribution is -2.42. The molecule has 0 bridgehead atoms. The van der Waals surface area contributed by atoms with Crippen molar-refractivity contribution in [1.29, 1.82) is 0 Å². The molecule has 2 atom stereocenters. The van der Waals surface area contributed by atoms with Crippen LogP contribution in [0, 0.1) is 5.92 Å². The summed E-state index contributed by atoms with van der Waals surface area (Å²) >= 11 is 0. The van der Waals surface area contributed by atoms with Crippen molar-refractivity contribution in [2.45, 2.75) is 31.8 Å². The van der Waals surface area contributed by atoms with Crippen molar-refractivity contribution >= 4 is 23.7 Å². The summed E-state index contributed by atoms with van der Waals surface area (Å²) < 4.78 is 5.53. The molecular weight excluding hydrogens is 364 g/mol. The van der Waals surface area contributed by atoms with E-state index in [2.05, 4.69) is 0 Å². The molecule has 1 aromatic rings. The third-order valence-corrected chi connectivity index (χ3v) is 5.69. The van der Waals surface area contributed by atoms with Crippen LogP contribution in [0.15, 0.2) is 18.2 Å². The van der Waals surface area contributed by atoms with Crippen LogP contribution in [-0.4, -0.2) is 70.9 Å². The molecule has 3 heterocycles. The Morgan fingerprint density at radius 3 is 2.61 bits per heavy atom. The highest BCUT2D eigenvalue weighted by atomic mass is 16.5. The maximum atomic E-state index is 12.8. The van der Waals surface area contributed by atoms with Crippen LogP contribution in [0.1, 0.15) is 56.8 Å². The van der Waals surface area contributed by atoms with Gasteiger partial charge in [-0.1, -0.05) is 0 Å². The lowest BCUT2D eigenvalue weighted by molar-refractivity contribution is -0.143. The predicted octanol–water partition coefficient (Wildman–Crippen LogP) is 1.40. The molecule has 3 aliphatic heterocycles. The first-order valence-electron chi connectivity index (χ1n) is 9.59. The van der Waals surface area contributed by atoms with E-state index < -0.39 is 17.8 Å². The van der Waals surface area contributed by atoms with E-state index >= 15 is 0 Å². The van der Waals surface area contributed by atoms with Gasteiger partial charge < -0.3 is 14.7 Å². The van der Waals surface area contributed by atoms with Crippen molar-refractivity contribution in [2.75, 3.05) is 26.2 Å². The topological polar surface area (TPSA) is 104 Å². The Morgan fingerprint density at radius 2 is 1.89 bits per heavy atom. The molecule has 2 saturated heterocycles. The van der Waals surface area contributed by atoms with Gasteiger partial charge in [0.05, 0.1) is 29.7 Å². The van der Waals surface area contributed by atoms with E-state index in [-0.39, 0.29) is 36.6 Å². The minimum atomic E-state index is -0.906. The molecule has 148 valence electrons. The van der Waals surface area contributed by atoms with Gasteiger partial charge in [0.2, 0.25) is 0 Å². The molecule has 1 aromatic carbocycles. The van der Waals surface area contributed by atoms with Crippen LogP contribution >= 0.6 is 0 Å². The van der Waals surface area contributed by atoms with Gasteiger partial charge in [-0.3, -0.25) is 24.1 Å². The van der Waals surface area contributed by atoms with Crippen LogP contribution in [0.25, 0.3) is 0 Å². The van der Waals surface area contributed by atoms with Crippen LogP contribution in [0.4, 0.5) is 0 Å². The number of ether oxygens (including phenoxy) is 1. The van der Waals surface area contributed by atoms with Gasteiger partial charge in [-0.2, -0.15) is 0 Å². The average molecular weight is 386 g/mol. The standard InChI is InChI=1S/C20H22N2O6/c23-17(21-7-1-3-13(10-21)20(26)27)12-5-6-15-16(9-12)19(25)22(18(15)24)11-14-4-2-8-28-14/h5-6,9,13-14H,1-4,7-8,10-11H2,(H,26,27). The number of likely N-dealkylation sites (tertiary alicyclic amines) is 1. The molecule has 0 saturated carbocycles. The van der Waals surface area contributed by atoms with Crippen LogP contribution < -0.4 is 0 Å². The first-order chi connectivity index (χ1) is 13.5. The molecule has 0 spiro atoms. The number of rotatable bonds is 4. The van der Waals surface area contributed by atoms with Gasteiger partial charge in [0.1, 0.15) is 0 Å². The summed E-state index contributed by atoms with van der Waals surface area (Å²) in [5.74, 6) is -2.56. The third-order valence-electron chi connectivity index (χ3n) is 5.69. The summed E-state index contributed by atoms with van der Waals surface area (Å²) in [7, 11) is 0. The lowest BCUT2D eigenvalue weighted by Gasteiger charge is -2.30. The molecule has 8 heteroatoms. The minimum absolute atomic E-state index is 0.135. The van der Waals surface area contributed by atoms with Gasteiger partial charge in [0.15, 0.2) is 0 Å². The van der Waals surface area contributed by atoms with E-state index in [0.717, 1.165) is 12.8 Å². The van der Waals surface area contributed by atoms with E-state index in [9.17, 15) is 24.3 Å². The van der Waals surface area contributed by atoms with Crippen LogP contribution in [0.5, 0.6) is 0 Å². The van der Waals surface area contributed by atoms with Crippen molar-refractivity contribution in [3.63, 3.8) is 0 Å². The Bertz CT molecular complexity index is 845. The molecular formula is C20H22N2O6. The monoisotopic (exact) mass is 386 g/mol. The molecule has 0 aromatic heterocycles. The van der Waals surface area contributed by atoms with E-state index in [1.165, 1.54) is 28.0 Å². The van der Waals surface area contributed by atoms with Gasteiger partial charge in [-0.15, -0.1) is 0 Å². The van der Waals surface area contributed by atoms with Crippen LogP contribution in [0.2, 0.25) is 0 Å². The van der Waals surface area contributed by atoms with Gasteiger partial charge in [0.25, 0.3) is 17.7 Å². The fourth-order valence-corrected chi connectivity index (χ4v) is 4.13. The van der Waals surface area contributed by atoms with E-state index in [1.54, 1.807) is 0 Å². The lowest BCUT2D eigenvalue weighted by atomic mass is 9.97. The summed E-state index contributed by atoms with van der Waals surface area (Å²) in [6, 6.07) is 4.50. The van der Waals surface area contributed by atoms with Crippen LogP contribution in [0.3, 0.4) is 0 Å². The molecule has 2 fully saturated rings.